The average molecular weight is 471 g/mol. The summed E-state index contributed by atoms with van der Waals surface area (Å²) in [4.78, 5) is 12.2. The molecule has 5 nitrogen and oxygen atoms in total. The van der Waals surface area contributed by atoms with Crippen molar-refractivity contribution in [2.24, 2.45) is 5.10 Å². The molecular weight excluding hydrogens is 447 g/mol. The van der Waals surface area contributed by atoms with Crippen molar-refractivity contribution in [3.63, 3.8) is 0 Å². The zero-order chi connectivity index (χ0) is 23.1. The molecule has 0 spiro atoms. The molecule has 3 rings (SSSR count). The third-order valence-corrected chi connectivity index (χ3v) is 5.51. The number of nitrogens with zero attached hydrogens (tertiary/aromatic N) is 1. The van der Waals surface area contributed by atoms with E-state index in [1.165, 1.54) is 5.56 Å². The standard InChI is InChI=1S/C25H24Cl2N2O3/c1-16-4-5-18(10-17(16)2)12-25(30)29-28-14-19-6-9-23(24(11-19)31-3)32-15-20-7-8-21(26)13-22(20)27/h4-11,13-14H,12,15H2,1-3H3,(H,29,30)/b28-14-. The van der Waals surface area contributed by atoms with E-state index in [1.807, 2.05) is 44.2 Å². The van der Waals surface area contributed by atoms with Gasteiger partial charge in [-0.1, -0.05) is 47.5 Å². The minimum absolute atomic E-state index is 0.184. The Morgan fingerprint density at radius 3 is 2.53 bits per heavy atom. The van der Waals surface area contributed by atoms with Gasteiger partial charge in [-0.2, -0.15) is 5.10 Å². The van der Waals surface area contributed by atoms with E-state index in [-0.39, 0.29) is 18.9 Å². The lowest BCUT2D eigenvalue weighted by atomic mass is 10.0. The average Bonchev–Trinajstić information content (AvgIpc) is 2.76. The van der Waals surface area contributed by atoms with Crippen LogP contribution in [-0.4, -0.2) is 19.2 Å². The number of amides is 1. The van der Waals surface area contributed by atoms with Crippen molar-refractivity contribution in [3.8, 4) is 11.5 Å². The van der Waals surface area contributed by atoms with Gasteiger partial charge in [0.2, 0.25) is 5.91 Å². The van der Waals surface area contributed by atoms with E-state index < -0.39 is 0 Å². The summed E-state index contributed by atoms with van der Waals surface area (Å²) in [5.74, 6) is 0.922. The quantitative estimate of drug-likeness (QED) is 0.329. The highest BCUT2D eigenvalue weighted by atomic mass is 35.5. The molecule has 3 aromatic carbocycles. The minimum atomic E-state index is -0.184. The van der Waals surface area contributed by atoms with Crippen LogP contribution >= 0.6 is 23.2 Å². The predicted molar refractivity (Wildman–Crippen MR) is 129 cm³/mol. The second kappa shape index (κ2) is 11.0. The van der Waals surface area contributed by atoms with E-state index in [2.05, 4.69) is 10.5 Å². The number of aryl methyl sites for hydroxylation is 2. The van der Waals surface area contributed by atoms with Gasteiger partial charge in [-0.05, 0) is 66.4 Å². The Morgan fingerprint density at radius 1 is 1.00 bits per heavy atom. The highest BCUT2D eigenvalue weighted by Crippen LogP contribution is 2.29. The number of nitrogens with one attached hydrogen (secondary N) is 1. The smallest absolute Gasteiger partial charge is 0.244 e. The van der Waals surface area contributed by atoms with Gasteiger partial charge in [0, 0.05) is 15.6 Å². The van der Waals surface area contributed by atoms with Gasteiger partial charge in [0.05, 0.1) is 19.7 Å². The lowest BCUT2D eigenvalue weighted by molar-refractivity contribution is -0.120. The second-order valence-electron chi connectivity index (χ2n) is 7.32. The number of hydrazone groups is 1. The van der Waals surface area contributed by atoms with Gasteiger partial charge in [0.15, 0.2) is 11.5 Å². The molecule has 0 atom stereocenters. The maximum absolute atomic E-state index is 12.2. The third-order valence-electron chi connectivity index (χ3n) is 4.92. The largest absolute Gasteiger partial charge is 0.493 e. The van der Waals surface area contributed by atoms with Crippen molar-refractivity contribution >= 4 is 35.3 Å². The summed E-state index contributed by atoms with van der Waals surface area (Å²) in [7, 11) is 1.56. The normalized spacial score (nSPS) is 10.9. The molecule has 0 saturated heterocycles. The van der Waals surface area contributed by atoms with E-state index >= 15 is 0 Å². The summed E-state index contributed by atoms with van der Waals surface area (Å²) in [5.41, 5.74) is 7.43. The first-order chi connectivity index (χ1) is 15.4. The number of ether oxygens (including phenoxy) is 2. The number of benzene rings is 3. The Bertz CT molecular complexity index is 1150. The van der Waals surface area contributed by atoms with Crippen LogP contribution in [0.15, 0.2) is 59.7 Å². The molecular formula is C25H24Cl2N2O3. The lowest BCUT2D eigenvalue weighted by Crippen LogP contribution is -2.19. The second-order valence-corrected chi connectivity index (χ2v) is 8.17. The molecule has 0 aromatic heterocycles. The SMILES string of the molecule is COc1cc(/C=N\NC(=O)Cc2ccc(C)c(C)c2)ccc1OCc1ccc(Cl)cc1Cl. The summed E-state index contributed by atoms with van der Waals surface area (Å²) in [6, 6.07) is 16.6. The summed E-state index contributed by atoms with van der Waals surface area (Å²) in [5, 5.41) is 5.15. The van der Waals surface area contributed by atoms with Crippen LogP contribution in [0, 0.1) is 13.8 Å². The molecule has 166 valence electrons. The number of hydrogen-bond acceptors (Lipinski definition) is 4. The number of rotatable bonds is 8. The van der Waals surface area contributed by atoms with Crippen LogP contribution in [0.2, 0.25) is 10.0 Å². The molecule has 1 amide bonds. The molecule has 3 aromatic rings. The van der Waals surface area contributed by atoms with Crippen LogP contribution < -0.4 is 14.9 Å². The Labute approximate surface area is 198 Å². The molecule has 0 saturated carbocycles. The van der Waals surface area contributed by atoms with Crippen molar-refractivity contribution in [1.82, 2.24) is 5.43 Å². The molecule has 0 aliphatic heterocycles. The van der Waals surface area contributed by atoms with Gasteiger partial charge >= 0.3 is 0 Å². The summed E-state index contributed by atoms with van der Waals surface area (Å²) >= 11 is 12.1. The number of carbonyl (C=O) groups is 1. The van der Waals surface area contributed by atoms with E-state index in [4.69, 9.17) is 32.7 Å². The molecule has 7 heteroatoms. The minimum Gasteiger partial charge on any atom is -0.493 e. The van der Waals surface area contributed by atoms with Crippen LogP contribution in [0.25, 0.3) is 0 Å². The van der Waals surface area contributed by atoms with Crippen molar-refractivity contribution in [3.05, 3.63) is 92.5 Å². The molecule has 0 aliphatic rings. The molecule has 0 unspecified atom stereocenters. The Balaban J connectivity index is 1.59. The molecule has 0 aliphatic carbocycles. The van der Waals surface area contributed by atoms with Gasteiger partial charge in [-0.3, -0.25) is 4.79 Å². The monoisotopic (exact) mass is 470 g/mol. The number of methoxy groups -OCH3 is 1. The fraction of sp³-hybridized carbons (Fsp3) is 0.200. The lowest BCUT2D eigenvalue weighted by Gasteiger charge is -2.12. The highest BCUT2D eigenvalue weighted by molar-refractivity contribution is 6.35. The maximum Gasteiger partial charge on any atom is 0.244 e. The molecule has 32 heavy (non-hydrogen) atoms. The van der Waals surface area contributed by atoms with E-state index in [0.717, 1.165) is 22.3 Å². The third kappa shape index (κ3) is 6.49. The summed E-state index contributed by atoms with van der Waals surface area (Å²) in [6.07, 6.45) is 1.82. The molecule has 0 radical (unpaired) electrons. The van der Waals surface area contributed by atoms with Crippen molar-refractivity contribution in [2.45, 2.75) is 26.9 Å². The number of hydrogen-bond donors (Lipinski definition) is 1. The van der Waals surface area contributed by atoms with Crippen LogP contribution in [0.4, 0.5) is 0 Å². The highest BCUT2D eigenvalue weighted by Gasteiger charge is 2.08. The summed E-state index contributed by atoms with van der Waals surface area (Å²) in [6.45, 7) is 4.34. The zero-order valence-electron chi connectivity index (χ0n) is 18.1. The molecule has 0 heterocycles. The Hall–Kier alpha value is -3.02. The first-order valence-corrected chi connectivity index (χ1v) is 10.7. The van der Waals surface area contributed by atoms with Crippen molar-refractivity contribution in [1.29, 1.82) is 0 Å². The van der Waals surface area contributed by atoms with E-state index in [9.17, 15) is 4.79 Å². The number of carbonyl (C=O) groups excluding carboxylic acids is 1. The van der Waals surface area contributed by atoms with Crippen LogP contribution in [-0.2, 0) is 17.8 Å². The zero-order valence-corrected chi connectivity index (χ0v) is 19.6. The topological polar surface area (TPSA) is 59.9 Å². The first-order valence-electron chi connectivity index (χ1n) is 9.98. The van der Waals surface area contributed by atoms with Gasteiger partial charge in [0.1, 0.15) is 6.61 Å². The van der Waals surface area contributed by atoms with Crippen molar-refractivity contribution < 1.29 is 14.3 Å². The fourth-order valence-electron chi connectivity index (χ4n) is 3.00. The number of halogens is 2. The molecule has 0 bridgehead atoms. The van der Waals surface area contributed by atoms with Crippen molar-refractivity contribution in [2.75, 3.05) is 7.11 Å². The van der Waals surface area contributed by atoms with Gasteiger partial charge < -0.3 is 9.47 Å². The molecule has 0 fully saturated rings. The van der Waals surface area contributed by atoms with Crippen LogP contribution in [0.5, 0.6) is 11.5 Å². The van der Waals surface area contributed by atoms with Crippen LogP contribution in [0.3, 0.4) is 0 Å². The fourth-order valence-corrected chi connectivity index (χ4v) is 3.46. The van der Waals surface area contributed by atoms with Gasteiger partial charge in [-0.15, -0.1) is 0 Å². The van der Waals surface area contributed by atoms with Gasteiger partial charge in [0.25, 0.3) is 0 Å². The Kier molecular flexibility index (Phi) is 8.14. The van der Waals surface area contributed by atoms with E-state index in [1.54, 1.807) is 37.6 Å². The van der Waals surface area contributed by atoms with E-state index in [0.29, 0.717) is 21.5 Å². The predicted octanol–water partition coefficient (Wildman–Crippen LogP) is 5.89. The van der Waals surface area contributed by atoms with Crippen LogP contribution in [0.1, 0.15) is 27.8 Å². The first kappa shape index (κ1) is 23.6. The summed E-state index contributed by atoms with van der Waals surface area (Å²) < 4.78 is 11.3. The maximum atomic E-state index is 12.2. The Morgan fingerprint density at radius 2 is 1.81 bits per heavy atom. The van der Waals surface area contributed by atoms with Gasteiger partial charge in [-0.25, -0.2) is 5.43 Å². The molecule has 1 N–H and O–H groups in total.